The summed E-state index contributed by atoms with van der Waals surface area (Å²) in [7, 11) is -3.72. The summed E-state index contributed by atoms with van der Waals surface area (Å²) < 4.78 is 32.7. The molecule has 2 aromatic carbocycles. The summed E-state index contributed by atoms with van der Waals surface area (Å²) in [5.41, 5.74) is 1.59. The molecule has 172 valence electrons. The van der Waals surface area contributed by atoms with Gasteiger partial charge in [0.2, 0.25) is 10.0 Å². The Kier molecular flexibility index (Phi) is 7.92. The van der Waals surface area contributed by atoms with Crippen LogP contribution < -0.4 is 5.32 Å². The number of carbonyl (C=O) groups excluding carboxylic acids is 2. The van der Waals surface area contributed by atoms with Crippen molar-refractivity contribution < 1.29 is 22.7 Å². The maximum absolute atomic E-state index is 13.1. The van der Waals surface area contributed by atoms with E-state index >= 15 is 0 Å². The van der Waals surface area contributed by atoms with Crippen LogP contribution >= 0.6 is 11.6 Å². The highest BCUT2D eigenvalue weighted by atomic mass is 35.5. The first-order valence-electron chi connectivity index (χ1n) is 10.6. The van der Waals surface area contributed by atoms with Crippen LogP contribution in [0.25, 0.3) is 0 Å². The third-order valence-corrected chi connectivity index (χ3v) is 7.60. The van der Waals surface area contributed by atoms with Crippen LogP contribution in [0.5, 0.6) is 0 Å². The highest BCUT2D eigenvalue weighted by molar-refractivity contribution is 7.89. The molecule has 1 amide bonds. The van der Waals surface area contributed by atoms with Crippen molar-refractivity contribution in [1.82, 2.24) is 4.31 Å². The van der Waals surface area contributed by atoms with Gasteiger partial charge in [-0.1, -0.05) is 24.4 Å². The molecule has 3 rings (SSSR count). The quantitative estimate of drug-likeness (QED) is 0.610. The molecule has 1 fully saturated rings. The molecule has 0 radical (unpaired) electrons. The summed E-state index contributed by atoms with van der Waals surface area (Å²) in [5, 5.41) is 2.90. The number of amides is 1. The van der Waals surface area contributed by atoms with Crippen LogP contribution in [0.3, 0.4) is 0 Å². The molecule has 0 saturated carbocycles. The van der Waals surface area contributed by atoms with Crippen molar-refractivity contribution >= 4 is 39.2 Å². The number of anilines is 1. The number of hydrogen-bond donors (Lipinski definition) is 1. The Morgan fingerprint density at radius 2 is 1.75 bits per heavy atom. The first-order chi connectivity index (χ1) is 15.2. The van der Waals surface area contributed by atoms with Crippen molar-refractivity contribution in [1.29, 1.82) is 0 Å². The molecule has 1 aliphatic heterocycles. The number of aryl methyl sites for hydroxylation is 1. The van der Waals surface area contributed by atoms with Crippen LogP contribution in [0.4, 0.5) is 5.69 Å². The predicted molar refractivity (Wildman–Crippen MR) is 124 cm³/mol. The van der Waals surface area contributed by atoms with Gasteiger partial charge in [-0.3, -0.25) is 4.79 Å². The van der Waals surface area contributed by atoms with Gasteiger partial charge in [0, 0.05) is 18.8 Å². The molecule has 1 N–H and O–H groups in total. The summed E-state index contributed by atoms with van der Waals surface area (Å²) in [6.07, 6.45) is 3.66. The van der Waals surface area contributed by atoms with Gasteiger partial charge in [-0.05, 0) is 68.7 Å². The molecule has 0 unspecified atom stereocenters. The fraction of sp³-hybridized carbons (Fsp3) is 0.391. The topological polar surface area (TPSA) is 92.8 Å². The van der Waals surface area contributed by atoms with Gasteiger partial charge in [0.05, 0.1) is 27.7 Å². The molecule has 2 aromatic rings. The normalized spacial score (nSPS) is 15.1. The van der Waals surface area contributed by atoms with Crippen molar-refractivity contribution in [3.63, 3.8) is 0 Å². The zero-order valence-electron chi connectivity index (χ0n) is 18.2. The monoisotopic (exact) mass is 478 g/mol. The fourth-order valence-corrected chi connectivity index (χ4v) is 5.35. The van der Waals surface area contributed by atoms with E-state index in [-0.39, 0.29) is 22.1 Å². The maximum atomic E-state index is 13.1. The summed E-state index contributed by atoms with van der Waals surface area (Å²) >= 11 is 6.23. The minimum atomic E-state index is -3.72. The van der Waals surface area contributed by atoms with Crippen molar-refractivity contribution in [2.75, 3.05) is 25.0 Å². The number of nitrogens with one attached hydrogen (secondary N) is 1. The molecule has 7 nitrogen and oxygen atoms in total. The van der Waals surface area contributed by atoms with E-state index in [9.17, 15) is 18.0 Å². The Balaban J connectivity index is 1.84. The van der Waals surface area contributed by atoms with Crippen LogP contribution in [0, 0.1) is 6.92 Å². The largest absolute Gasteiger partial charge is 0.462 e. The number of ether oxygens (including phenoxy) is 1. The van der Waals surface area contributed by atoms with E-state index in [1.54, 1.807) is 32.0 Å². The zero-order chi connectivity index (χ0) is 23.3. The lowest BCUT2D eigenvalue weighted by Gasteiger charge is -2.20. The van der Waals surface area contributed by atoms with Crippen molar-refractivity contribution in [2.24, 2.45) is 0 Å². The van der Waals surface area contributed by atoms with Gasteiger partial charge in [0.1, 0.15) is 0 Å². The molecule has 0 spiro atoms. The first kappa shape index (κ1) is 24.2. The van der Waals surface area contributed by atoms with Crippen LogP contribution in [0.2, 0.25) is 5.02 Å². The second-order valence-corrected chi connectivity index (χ2v) is 10.0. The van der Waals surface area contributed by atoms with E-state index in [0.717, 1.165) is 25.7 Å². The lowest BCUT2D eigenvalue weighted by molar-refractivity contribution is 0.0526. The Morgan fingerprint density at radius 1 is 1.06 bits per heavy atom. The fourth-order valence-electron chi connectivity index (χ4n) is 3.60. The van der Waals surface area contributed by atoms with Gasteiger partial charge in [-0.15, -0.1) is 0 Å². The van der Waals surface area contributed by atoms with Crippen LogP contribution in [-0.4, -0.2) is 44.3 Å². The highest BCUT2D eigenvalue weighted by Gasteiger charge is 2.26. The van der Waals surface area contributed by atoms with E-state index in [1.807, 2.05) is 0 Å². The maximum Gasteiger partial charge on any atom is 0.338 e. The van der Waals surface area contributed by atoms with Crippen LogP contribution in [-0.2, 0) is 14.8 Å². The van der Waals surface area contributed by atoms with E-state index in [4.69, 9.17) is 16.3 Å². The molecule has 32 heavy (non-hydrogen) atoms. The molecule has 1 heterocycles. The minimum Gasteiger partial charge on any atom is -0.462 e. The Bertz CT molecular complexity index is 1110. The van der Waals surface area contributed by atoms with Gasteiger partial charge in [0.25, 0.3) is 5.91 Å². The molecule has 0 aromatic heterocycles. The van der Waals surface area contributed by atoms with Gasteiger partial charge >= 0.3 is 5.97 Å². The highest BCUT2D eigenvalue weighted by Crippen LogP contribution is 2.26. The third kappa shape index (κ3) is 5.49. The molecular formula is C23H27ClN2O5S. The Hall–Kier alpha value is -2.42. The van der Waals surface area contributed by atoms with Crippen LogP contribution in [0.15, 0.2) is 41.3 Å². The van der Waals surface area contributed by atoms with Crippen molar-refractivity contribution in [3.8, 4) is 0 Å². The minimum absolute atomic E-state index is 0.0448. The number of sulfonamides is 1. The summed E-state index contributed by atoms with van der Waals surface area (Å²) in [5.74, 6) is -0.974. The number of halogens is 1. The number of carbonyl (C=O) groups is 2. The van der Waals surface area contributed by atoms with E-state index in [0.29, 0.717) is 29.9 Å². The van der Waals surface area contributed by atoms with Gasteiger partial charge < -0.3 is 10.1 Å². The first-order valence-corrected chi connectivity index (χ1v) is 12.4. The lowest BCUT2D eigenvalue weighted by Crippen LogP contribution is -2.32. The lowest BCUT2D eigenvalue weighted by atomic mass is 10.1. The Labute approximate surface area is 193 Å². The SMILES string of the molecule is CCOC(=O)c1ccc(NC(=O)c2cc(S(=O)(=O)N3CCCCCC3)ccc2Cl)c(C)c1. The Morgan fingerprint density at radius 3 is 2.38 bits per heavy atom. The average molecular weight is 479 g/mol. The smallest absolute Gasteiger partial charge is 0.338 e. The molecular weight excluding hydrogens is 452 g/mol. The average Bonchev–Trinajstić information content (AvgIpc) is 3.05. The van der Waals surface area contributed by atoms with E-state index in [2.05, 4.69) is 5.32 Å². The van der Waals surface area contributed by atoms with Crippen LogP contribution in [0.1, 0.15) is 58.9 Å². The number of nitrogens with zero attached hydrogens (tertiary/aromatic N) is 1. The standard InChI is InChI=1S/C23H27ClN2O5S/c1-3-31-23(28)17-8-11-21(16(2)14-17)25-22(27)19-15-18(9-10-20(19)24)32(29,30)26-12-6-4-5-7-13-26/h8-11,14-15H,3-7,12-13H2,1-2H3,(H,25,27). The molecule has 0 atom stereocenters. The number of rotatable bonds is 6. The predicted octanol–water partition coefficient (Wildman–Crippen LogP) is 4.64. The van der Waals surface area contributed by atoms with Gasteiger partial charge in [0.15, 0.2) is 0 Å². The number of esters is 1. The van der Waals surface area contributed by atoms with E-state index in [1.165, 1.54) is 22.5 Å². The van der Waals surface area contributed by atoms with Crippen molar-refractivity contribution in [2.45, 2.75) is 44.4 Å². The summed E-state index contributed by atoms with van der Waals surface area (Å²) in [6.45, 7) is 4.69. The second-order valence-electron chi connectivity index (χ2n) is 7.66. The van der Waals surface area contributed by atoms with Crippen molar-refractivity contribution in [3.05, 3.63) is 58.1 Å². The number of benzene rings is 2. The zero-order valence-corrected chi connectivity index (χ0v) is 19.8. The summed E-state index contributed by atoms with van der Waals surface area (Å²) in [4.78, 5) is 24.9. The molecule has 1 aliphatic rings. The summed E-state index contributed by atoms with van der Waals surface area (Å²) in [6, 6.07) is 8.96. The van der Waals surface area contributed by atoms with E-state index < -0.39 is 21.9 Å². The second kappa shape index (κ2) is 10.5. The molecule has 0 aliphatic carbocycles. The van der Waals surface area contributed by atoms with Gasteiger partial charge in [-0.2, -0.15) is 4.31 Å². The molecule has 0 bridgehead atoms. The molecule has 1 saturated heterocycles. The van der Waals surface area contributed by atoms with Gasteiger partial charge in [-0.25, -0.2) is 13.2 Å². The molecule has 9 heteroatoms. The third-order valence-electron chi connectivity index (χ3n) is 5.37. The number of hydrogen-bond acceptors (Lipinski definition) is 5.